The Morgan fingerprint density at radius 2 is 2.19 bits per heavy atom. The van der Waals surface area contributed by atoms with Crippen LogP contribution in [0.4, 0.5) is 11.4 Å². The summed E-state index contributed by atoms with van der Waals surface area (Å²) < 4.78 is 0. The zero-order valence-corrected chi connectivity index (χ0v) is 9.28. The normalized spacial score (nSPS) is 15.3. The highest BCUT2D eigenvalue weighted by Gasteiger charge is 2.17. The first-order valence-electron chi connectivity index (χ1n) is 5.65. The van der Waals surface area contributed by atoms with Gasteiger partial charge in [0.1, 0.15) is 0 Å². The van der Waals surface area contributed by atoms with Crippen molar-refractivity contribution in [3.8, 4) is 0 Å². The van der Waals surface area contributed by atoms with Gasteiger partial charge in [0.05, 0.1) is 11.4 Å². The summed E-state index contributed by atoms with van der Waals surface area (Å²) in [5, 5.41) is 2.92. The van der Waals surface area contributed by atoms with Gasteiger partial charge in [0.15, 0.2) is 0 Å². The summed E-state index contributed by atoms with van der Waals surface area (Å²) in [6.07, 6.45) is 1.49. The van der Waals surface area contributed by atoms with E-state index in [9.17, 15) is 4.79 Å². The Hall–Kier alpha value is -1.55. The number of fused-ring (bicyclic) bond motifs is 1. The van der Waals surface area contributed by atoms with Crippen LogP contribution in [0.25, 0.3) is 0 Å². The van der Waals surface area contributed by atoms with Gasteiger partial charge in [-0.25, -0.2) is 0 Å². The SMILES string of the molecule is NCCCN1CCC(=O)Nc2ccccc21. The van der Waals surface area contributed by atoms with Gasteiger partial charge >= 0.3 is 0 Å². The van der Waals surface area contributed by atoms with Gasteiger partial charge in [-0.15, -0.1) is 0 Å². The molecular weight excluding hydrogens is 202 g/mol. The van der Waals surface area contributed by atoms with Gasteiger partial charge < -0.3 is 16.0 Å². The maximum atomic E-state index is 11.5. The van der Waals surface area contributed by atoms with E-state index in [0.717, 1.165) is 30.9 Å². The second-order valence-electron chi connectivity index (χ2n) is 3.94. The lowest BCUT2D eigenvalue weighted by atomic mass is 10.2. The van der Waals surface area contributed by atoms with E-state index in [0.29, 0.717) is 13.0 Å². The van der Waals surface area contributed by atoms with Crippen LogP contribution in [0.5, 0.6) is 0 Å². The van der Waals surface area contributed by atoms with Gasteiger partial charge in [-0.2, -0.15) is 0 Å². The van der Waals surface area contributed by atoms with E-state index < -0.39 is 0 Å². The summed E-state index contributed by atoms with van der Waals surface area (Å²) in [6.45, 7) is 2.35. The molecule has 0 spiro atoms. The van der Waals surface area contributed by atoms with Crippen molar-refractivity contribution in [2.45, 2.75) is 12.8 Å². The largest absolute Gasteiger partial charge is 0.369 e. The molecule has 1 heterocycles. The minimum atomic E-state index is 0.0858. The number of rotatable bonds is 3. The lowest BCUT2D eigenvalue weighted by Gasteiger charge is -2.23. The Morgan fingerprint density at radius 3 is 3.00 bits per heavy atom. The molecule has 1 aromatic carbocycles. The maximum Gasteiger partial charge on any atom is 0.226 e. The molecule has 0 radical (unpaired) electrons. The summed E-state index contributed by atoms with van der Waals surface area (Å²) in [7, 11) is 0. The monoisotopic (exact) mass is 219 g/mol. The number of hydrogen-bond acceptors (Lipinski definition) is 3. The molecule has 1 amide bonds. The van der Waals surface area contributed by atoms with Crippen LogP contribution in [-0.2, 0) is 4.79 Å². The predicted octanol–water partition coefficient (Wildman–Crippen LogP) is 1.18. The number of nitrogens with two attached hydrogens (primary N) is 1. The van der Waals surface area contributed by atoms with Crippen LogP contribution >= 0.6 is 0 Å². The summed E-state index contributed by atoms with van der Waals surface area (Å²) in [5.74, 6) is 0.0858. The topological polar surface area (TPSA) is 58.4 Å². The van der Waals surface area contributed by atoms with E-state index in [1.807, 2.05) is 24.3 Å². The van der Waals surface area contributed by atoms with Crippen molar-refractivity contribution in [3.63, 3.8) is 0 Å². The minimum Gasteiger partial charge on any atom is -0.369 e. The Bertz CT molecular complexity index is 378. The van der Waals surface area contributed by atoms with Crippen molar-refractivity contribution in [2.24, 2.45) is 5.73 Å². The zero-order valence-electron chi connectivity index (χ0n) is 9.28. The smallest absolute Gasteiger partial charge is 0.226 e. The third-order valence-electron chi connectivity index (χ3n) is 2.76. The average molecular weight is 219 g/mol. The Labute approximate surface area is 95.4 Å². The van der Waals surface area contributed by atoms with Crippen molar-refractivity contribution >= 4 is 17.3 Å². The summed E-state index contributed by atoms with van der Waals surface area (Å²) in [5.41, 5.74) is 7.53. The van der Waals surface area contributed by atoms with E-state index in [2.05, 4.69) is 10.2 Å². The van der Waals surface area contributed by atoms with Crippen molar-refractivity contribution in [2.75, 3.05) is 29.9 Å². The number of carbonyl (C=O) groups excluding carboxylic acids is 1. The number of carbonyl (C=O) groups is 1. The number of hydrogen-bond donors (Lipinski definition) is 2. The number of nitrogens with zero attached hydrogens (tertiary/aromatic N) is 1. The fraction of sp³-hybridized carbons (Fsp3) is 0.417. The number of anilines is 2. The van der Waals surface area contributed by atoms with Gasteiger partial charge in [-0.05, 0) is 25.1 Å². The molecule has 0 aliphatic carbocycles. The fourth-order valence-corrected chi connectivity index (χ4v) is 1.94. The molecule has 0 fully saturated rings. The van der Waals surface area contributed by atoms with Gasteiger partial charge in [0.25, 0.3) is 0 Å². The Morgan fingerprint density at radius 1 is 1.38 bits per heavy atom. The van der Waals surface area contributed by atoms with Crippen LogP contribution in [0.3, 0.4) is 0 Å². The molecule has 0 aromatic heterocycles. The average Bonchev–Trinajstić information content (AvgIpc) is 2.45. The third kappa shape index (κ3) is 2.33. The van der Waals surface area contributed by atoms with Crippen LogP contribution in [0.2, 0.25) is 0 Å². The molecule has 1 aliphatic rings. The standard InChI is InChI=1S/C12H17N3O/c13-7-3-8-15-9-6-12(16)14-10-4-1-2-5-11(10)15/h1-2,4-5H,3,6-9,13H2,(H,14,16). The molecule has 0 saturated carbocycles. The number of benzene rings is 1. The van der Waals surface area contributed by atoms with E-state index in [4.69, 9.17) is 5.73 Å². The van der Waals surface area contributed by atoms with Crippen molar-refractivity contribution < 1.29 is 4.79 Å². The first kappa shape index (κ1) is 11.0. The minimum absolute atomic E-state index is 0.0858. The quantitative estimate of drug-likeness (QED) is 0.802. The molecule has 1 aliphatic heterocycles. The second kappa shape index (κ2) is 4.99. The third-order valence-corrected chi connectivity index (χ3v) is 2.76. The lowest BCUT2D eigenvalue weighted by molar-refractivity contribution is -0.115. The number of nitrogens with one attached hydrogen (secondary N) is 1. The van der Waals surface area contributed by atoms with E-state index in [1.165, 1.54) is 0 Å². The molecule has 0 bridgehead atoms. The lowest BCUT2D eigenvalue weighted by Crippen LogP contribution is -2.27. The molecule has 2 rings (SSSR count). The highest BCUT2D eigenvalue weighted by atomic mass is 16.1. The van der Waals surface area contributed by atoms with E-state index in [1.54, 1.807) is 0 Å². The van der Waals surface area contributed by atoms with Crippen molar-refractivity contribution in [1.29, 1.82) is 0 Å². The summed E-state index contributed by atoms with van der Waals surface area (Å²) >= 11 is 0. The molecule has 0 unspecified atom stereocenters. The van der Waals surface area contributed by atoms with E-state index in [-0.39, 0.29) is 5.91 Å². The van der Waals surface area contributed by atoms with Crippen LogP contribution in [-0.4, -0.2) is 25.5 Å². The molecule has 4 nitrogen and oxygen atoms in total. The zero-order chi connectivity index (χ0) is 11.4. The molecule has 4 heteroatoms. The van der Waals surface area contributed by atoms with Crippen molar-refractivity contribution in [3.05, 3.63) is 24.3 Å². The summed E-state index contributed by atoms with van der Waals surface area (Å²) in [6, 6.07) is 7.91. The molecule has 16 heavy (non-hydrogen) atoms. The molecule has 0 atom stereocenters. The Kier molecular flexibility index (Phi) is 3.41. The van der Waals surface area contributed by atoms with Crippen LogP contribution in [0, 0.1) is 0 Å². The summed E-state index contributed by atoms with van der Waals surface area (Å²) in [4.78, 5) is 13.7. The van der Waals surface area contributed by atoms with Crippen LogP contribution in [0.15, 0.2) is 24.3 Å². The first-order chi connectivity index (χ1) is 7.81. The predicted molar refractivity (Wildman–Crippen MR) is 65.6 cm³/mol. The molecule has 3 N–H and O–H groups in total. The van der Waals surface area contributed by atoms with Crippen molar-refractivity contribution in [1.82, 2.24) is 0 Å². The van der Waals surface area contributed by atoms with Gasteiger partial charge in [0, 0.05) is 19.5 Å². The molecule has 86 valence electrons. The highest BCUT2D eigenvalue weighted by molar-refractivity contribution is 5.96. The fourth-order valence-electron chi connectivity index (χ4n) is 1.94. The highest BCUT2D eigenvalue weighted by Crippen LogP contribution is 2.28. The number of amides is 1. The van der Waals surface area contributed by atoms with E-state index >= 15 is 0 Å². The molecule has 0 saturated heterocycles. The van der Waals surface area contributed by atoms with Gasteiger partial charge in [-0.1, -0.05) is 12.1 Å². The molecular formula is C12H17N3O. The Balaban J connectivity index is 2.23. The first-order valence-corrected chi connectivity index (χ1v) is 5.65. The van der Waals surface area contributed by atoms with Crippen LogP contribution in [0.1, 0.15) is 12.8 Å². The van der Waals surface area contributed by atoms with Gasteiger partial charge in [-0.3, -0.25) is 4.79 Å². The van der Waals surface area contributed by atoms with Crippen LogP contribution < -0.4 is 16.0 Å². The second-order valence-corrected chi connectivity index (χ2v) is 3.94. The van der Waals surface area contributed by atoms with Gasteiger partial charge in [0.2, 0.25) is 5.91 Å². The number of para-hydroxylation sites is 2. The molecule has 1 aromatic rings. The maximum absolute atomic E-state index is 11.5.